The van der Waals surface area contributed by atoms with Crippen LogP contribution < -0.4 is 4.90 Å². The number of urea groups is 1. The van der Waals surface area contributed by atoms with Gasteiger partial charge in [0.15, 0.2) is 6.04 Å². The van der Waals surface area contributed by atoms with Crippen LogP contribution in [0.5, 0.6) is 0 Å². The SMILES string of the molecule is CN1C=C(C(=O)N2CCCCC2)C2=NC(=O)N(c3ccc(Cl)cc3)C(=O)C21. The van der Waals surface area contributed by atoms with Crippen LogP contribution in [0.15, 0.2) is 41.0 Å². The number of carbonyl (C=O) groups excluding carboxylic acids is 3. The molecule has 3 heterocycles. The molecule has 0 bridgehead atoms. The number of piperidine rings is 1. The van der Waals surface area contributed by atoms with Crippen molar-refractivity contribution in [2.45, 2.75) is 25.3 Å². The number of likely N-dealkylation sites (tertiary alicyclic amines) is 1. The van der Waals surface area contributed by atoms with E-state index in [4.69, 9.17) is 11.6 Å². The fraction of sp³-hybridized carbons (Fsp3) is 0.368. The Balaban J connectivity index is 1.66. The van der Waals surface area contributed by atoms with E-state index in [0.717, 1.165) is 24.2 Å². The molecule has 1 fully saturated rings. The van der Waals surface area contributed by atoms with Crippen LogP contribution in [-0.2, 0) is 9.59 Å². The van der Waals surface area contributed by atoms with Gasteiger partial charge in [-0.25, -0.2) is 9.69 Å². The fourth-order valence-electron chi connectivity index (χ4n) is 3.73. The summed E-state index contributed by atoms with van der Waals surface area (Å²) < 4.78 is 0. The zero-order valence-corrected chi connectivity index (χ0v) is 15.6. The number of fused-ring (bicyclic) bond motifs is 1. The van der Waals surface area contributed by atoms with E-state index in [1.54, 1.807) is 47.3 Å². The minimum Gasteiger partial charge on any atom is -0.363 e. The number of benzene rings is 1. The number of carbonyl (C=O) groups is 3. The lowest BCUT2D eigenvalue weighted by atomic mass is 10.0. The highest BCUT2D eigenvalue weighted by molar-refractivity contribution is 6.39. The van der Waals surface area contributed by atoms with Gasteiger partial charge in [0.1, 0.15) is 0 Å². The Morgan fingerprint density at radius 3 is 2.44 bits per heavy atom. The number of imide groups is 1. The summed E-state index contributed by atoms with van der Waals surface area (Å²) in [6.07, 6.45) is 4.66. The van der Waals surface area contributed by atoms with E-state index in [1.807, 2.05) is 0 Å². The summed E-state index contributed by atoms with van der Waals surface area (Å²) >= 11 is 5.89. The molecule has 0 N–H and O–H groups in total. The molecule has 0 aromatic heterocycles. The van der Waals surface area contributed by atoms with Crippen molar-refractivity contribution < 1.29 is 14.4 Å². The van der Waals surface area contributed by atoms with Crippen molar-refractivity contribution >= 4 is 40.8 Å². The Hall–Kier alpha value is -2.67. The predicted molar refractivity (Wildman–Crippen MR) is 102 cm³/mol. The van der Waals surface area contributed by atoms with Crippen molar-refractivity contribution in [2.75, 3.05) is 25.0 Å². The van der Waals surface area contributed by atoms with Crippen molar-refractivity contribution in [2.24, 2.45) is 4.99 Å². The Morgan fingerprint density at radius 2 is 1.78 bits per heavy atom. The van der Waals surface area contributed by atoms with E-state index < -0.39 is 18.0 Å². The van der Waals surface area contributed by atoms with Gasteiger partial charge >= 0.3 is 6.03 Å². The van der Waals surface area contributed by atoms with Crippen LogP contribution in [0.4, 0.5) is 10.5 Å². The molecule has 4 rings (SSSR count). The molecule has 1 aromatic carbocycles. The quantitative estimate of drug-likeness (QED) is 0.782. The fourth-order valence-corrected chi connectivity index (χ4v) is 3.85. The summed E-state index contributed by atoms with van der Waals surface area (Å²) in [5.74, 6) is -0.587. The molecule has 0 saturated carbocycles. The van der Waals surface area contributed by atoms with Gasteiger partial charge in [-0.2, -0.15) is 4.99 Å². The Bertz CT molecular complexity index is 871. The van der Waals surface area contributed by atoms with Crippen LogP contribution in [0.25, 0.3) is 0 Å². The van der Waals surface area contributed by atoms with E-state index >= 15 is 0 Å². The summed E-state index contributed by atoms with van der Waals surface area (Å²) in [7, 11) is 1.71. The molecule has 140 valence electrons. The molecule has 3 aliphatic heterocycles. The van der Waals surface area contributed by atoms with Gasteiger partial charge in [0, 0.05) is 31.4 Å². The molecule has 0 aliphatic carbocycles. The molecule has 1 unspecified atom stereocenters. The van der Waals surface area contributed by atoms with Gasteiger partial charge in [-0.3, -0.25) is 9.59 Å². The molecule has 0 spiro atoms. The van der Waals surface area contributed by atoms with Gasteiger partial charge in [-0.15, -0.1) is 0 Å². The summed E-state index contributed by atoms with van der Waals surface area (Å²) in [5, 5.41) is 0.508. The average Bonchev–Trinajstić information content (AvgIpc) is 2.99. The van der Waals surface area contributed by atoms with Crippen LogP contribution in [0, 0.1) is 0 Å². The lowest BCUT2D eigenvalue weighted by Gasteiger charge is -2.31. The number of aliphatic imine (C=N–C) groups is 1. The van der Waals surface area contributed by atoms with Gasteiger partial charge in [-0.1, -0.05) is 11.6 Å². The molecule has 0 radical (unpaired) electrons. The van der Waals surface area contributed by atoms with Crippen molar-refractivity contribution in [1.29, 1.82) is 0 Å². The third-order valence-electron chi connectivity index (χ3n) is 5.10. The van der Waals surface area contributed by atoms with Gasteiger partial charge in [-0.05, 0) is 43.5 Å². The van der Waals surface area contributed by atoms with Crippen LogP contribution in [-0.4, -0.2) is 59.5 Å². The monoisotopic (exact) mass is 386 g/mol. The number of rotatable bonds is 2. The number of halogens is 1. The highest BCUT2D eigenvalue weighted by Gasteiger charge is 2.46. The average molecular weight is 387 g/mol. The topological polar surface area (TPSA) is 73.3 Å². The van der Waals surface area contributed by atoms with E-state index in [-0.39, 0.29) is 11.6 Å². The van der Waals surface area contributed by atoms with Crippen LogP contribution in [0.2, 0.25) is 5.02 Å². The molecule has 4 amide bonds. The van der Waals surface area contributed by atoms with Crippen molar-refractivity contribution in [3.8, 4) is 0 Å². The first kappa shape index (κ1) is 17.7. The van der Waals surface area contributed by atoms with Crippen LogP contribution in [0.3, 0.4) is 0 Å². The highest BCUT2D eigenvalue weighted by Crippen LogP contribution is 2.30. The largest absolute Gasteiger partial charge is 0.363 e. The summed E-state index contributed by atoms with van der Waals surface area (Å²) in [5.41, 5.74) is 0.983. The second kappa shape index (κ2) is 6.81. The van der Waals surface area contributed by atoms with Gasteiger partial charge in [0.25, 0.3) is 11.8 Å². The third-order valence-corrected chi connectivity index (χ3v) is 5.35. The van der Waals surface area contributed by atoms with Gasteiger partial charge in [0.2, 0.25) is 0 Å². The summed E-state index contributed by atoms with van der Waals surface area (Å²) in [6.45, 7) is 1.38. The predicted octanol–water partition coefficient (Wildman–Crippen LogP) is 2.46. The molecule has 1 atom stereocenters. The molecule has 1 aromatic rings. The maximum absolute atomic E-state index is 13.0. The number of anilines is 1. The molecular formula is C19H19ClN4O3. The number of hydrogen-bond donors (Lipinski definition) is 0. The Morgan fingerprint density at radius 1 is 1.11 bits per heavy atom. The van der Waals surface area contributed by atoms with E-state index in [1.165, 1.54) is 0 Å². The first-order chi connectivity index (χ1) is 13.0. The second-order valence-electron chi connectivity index (χ2n) is 6.89. The molecule has 7 nitrogen and oxygen atoms in total. The molecule has 1 saturated heterocycles. The molecule has 27 heavy (non-hydrogen) atoms. The Labute approximate surface area is 161 Å². The van der Waals surface area contributed by atoms with E-state index in [2.05, 4.69) is 4.99 Å². The van der Waals surface area contributed by atoms with Crippen molar-refractivity contribution in [1.82, 2.24) is 9.80 Å². The third kappa shape index (κ3) is 3.02. The smallest absolute Gasteiger partial charge is 0.355 e. The highest BCUT2D eigenvalue weighted by atomic mass is 35.5. The van der Waals surface area contributed by atoms with Gasteiger partial charge < -0.3 is 9.80 Å². The van der Waals surface area contributed by atoms with Crippen molar-refractivity contribution in [3.05, 3.63) is 41.1 Å². The second-order valence-corrected chi connectivity index (χ2v) is 7.33. The first-order valence-electron chi connectivity index (χ1n) is 8.93. The molecule has 8 heteroatoms. The zero-order chi connectivity index (χ0) is 19.1. The maximum Gasteiger partial charge on any atom is 0.355 e. The minimum absolute atomic E-state index is 0.164. The number of amides is 4. The number of hydrogen-bond acceptors (Lipinski definition) is 4. The zero-order valence-electron chi connectivity index (χ0n) is 14.9. The normalized spacial score (nSPS) is 22.6. The van der Waals surface area contributed by atoms with Gasteiger partial charge in [0.05, 0.1) is 17.0 Å². The standard InChI is InChI=1S/C19H19ClN4O3/c1-22-11-14(17(25)23-9-3-2-4-10-23)15-16(22)18(26)24(19(27)21-15)13-7-5-12(20)6-8-13/h5-8,11,16H,2-4,9-10H2,1H3. The number of nitrogens with zero attached hydrogens (tertiary/aromatic N) is 4. The minimum atomic E-state index is -0.776. The molecular weight excluding hydrogens is 368 g/mol. The maximum atomic E-state index is 13.0. The Kier molecular flexibility index (Phi) is 4.47. The van der Waals surface area contributed by atoms with E-state index in [0.29, 0.717) is 29.4 Å². The molecule has 3 aliphatic rings. The summed E-state index contributed by atoms with van der Waals surface area (Å²) in [4.78, 5) is 47.1. The number of likely N-dealkylation sites (N-methyl/N-ethyl adjacent to an activating group) is 1. The van der Waals surface area contributed by atoms with Crippen LogP contribution in [0.1, 0.15) is 19.3 Å². The first-order valence-corrected chi connectivity index (χ1v) is 9.30. The van der Waals surface area contributed by atoms with E-state index in [9.17, 15) is 14.4 Å². The van der Waals surface area contributed by atoms with Crippen LogP contribution >= 0.6 is 11.6 Å². The van der Waals surface area contributed by atoms with Crippen molar-refractivity contribution in [3.63, 3.8) is 0 Å². The summed E-state index contributed by atoms with van der Waals surface area (Å²) in [6, 6.07) is 4.95. The lowest BCUT2D eigenvalue weighted by Crippen LogP contribution is -2.54. The lowest BCUT2D eigenvalue weighted by molar-refractivity contribution is -0.127.